The highest BCUT2D eigenvalue weighted by atomic mass is 16.5. The van der Waals surface area contributed by atoms with E-state index >= 15 is 0 Å². The third kappa shape index (κ3) is 8.48. The number of carbonyl (C=O) groups excluding carboxylic acids is 2. The molecule has 4 rings (SSSR count). The van der Waals surface area contributed by atoms with Gasteiger partial charge < -0.3 is 24.4 Å². The summed E-state index contributed by atoms with van der Waals surface area (Å²) in [4.78, 5) is 30.6. The van der Waals surface area contributed by atoms with Crippen molar-refractivity contribution in [3.8, 4) is 11.8 Å². The SMILES string of the molecule is COc1cccc(Cn2cccc2CN(Cc2ccccc2)C(=O)CN(CC(C)C)C(=O)Nc2cccc(C#N)c2)c1. The third-order valence-electron chi connectivity index (χ3n) is 6.77. The molecular weight excluding hydrogens is 526 g/mol. The molecule has 0 aliphatic rings. The minimum absolute atomic E-state index is 0.0780. The molecule has 1 N–H and O–H groups in total. The molecule has 3 amide bonds. The number of amides is 3. The van der Waals surface area contributed by atoms with E-state index in [1.807, 2.05) is 86.8 Å². The van der Waals surface area contributed by atoms with Crippen LogP contribution in [0, 0.1) is 17.2 Å². The molecule has 1 aromatic heterocycles. The second kappa shape index (κ2) is 14.6. The second-order valence-electron chi connectivity index (χ2n) is 10.6. The van der Waals surface area contributed by atoms with Crippen LogP contribution in [0.3, 0.4) is 0 Å². The lowest BCUT2D eigenvalue weighted by atomic mass is 10.2. The smallest absolute Gasteiger partial charge is 0.322 e. The van der Waals surface area contributed by atoms with Crippen LogP contribution in [0.5, 0.6) is 5.75 Å². The number of hydrogen-bond donors (Lipinski definition) is 1. The first kappa shape index (κ1) is 29.9. The number of benzene rings is 3. The summed E-state index contributed by atoms with van der Waals surface area (Å²) in [6.07, 6.45) is 2.01. The fourth-order valence-corrected chi connectivity index (χ4v) is 4.74. The molecule has 0 saturated heterocycles. The molecule has 0 spiro atoms. The number of carbonyl (C=O) groups is 2. The summed E-state index contributed by atoms with van der Waals surface area (Å²) in [5.74, 6) is 0.788. The number of ether oxygens (including phenoxy) is 1. The molecule has 0 fully saturated rings. The number of nitrogens with one attached hydrogen (secondary N) is 1. The molecule has 8 heteroatoms. The summed E-state index contributed by atoms with van der Waals surface area (Å²) in [7, 11) is 1.65. The second-order valence-corrected chi connectivity index (χ2v) is 10.6. The van der Waals surface area contributed by atoms with Gasteiger partial charge in [-0.05, 0) is 59.5 Å². The van der Waals surface area contributed by atoms with Gasteiger partial charge >= 0.3 is 6.03 Å². The van der Waals surface area contributed by atoms with Gasteiger partial charge in [0.15, 0.2) is 0 Å². The van der Waals surface area contributed by atoms with Crippen molar-refractivity contribution in [2.75, 3.05) is 25.5 Å². The van der Waals surface area contributed by atoms with Crippen molar-refractivity contribution in [1.29, 1.82) is 5.26 Å². The van der Waals surface area contributed by atoms with Gasteiger partial charge in [-0.25, -0.2) is 4.79 Å². The largest absolute Gasteiger partial charge is 0.497 e. The van der Waals surface area contributed by atoms with Gasteiger partial charge in [-0.2, -0.15) is 5.26 Å². The quantitative estimate of drug-likeness (QED) is 0.224. The van der Waals surface area contributed by atoms with Crippen molar-refractivity contribution >= 4 is 17.6 Å². The molecule has 8 nitrogen and oxygen atoms in total. The van der Waals surface area contributed by atoms with E-state index < -0.39 is 0 Å². The average Bonchev–Trinajstić information content (AvgIpc) is 3.43. The number of rotatable bonds is 12. The molecule has 0 unspecified atom stereocenters. The van der Waals surface area contributed by atoms with E-state index in [1.54, 1.807) is 41.2 Å². The lowest BCUT2D eigenvalue weighted by Gasteiger charge is -2.29. The maximum absolute atomic E-state index is 13.9. The Hall–Kier alpha value is -5.03. The minimum atomic E-state index is -0.381. The minimum Gasteiger partial charge on any atom is -0.497 e. The standard InChI is InChI=1S/C34H37N5O3/c1-26(2)21-39(34(41)36-30-14-7-12-28(18-30)20-35)25-33(40)38(22-27-10-5-4-6-11-27)24-31-15-9-17-37(31)23-29-13-8-16-32(19-29)42-3/h4-19,26H,21-25H2,1-3H3,(H,36,41). The first-order valence-electron chi connectivity index (χ1n) is 14.0. The topological polar surface area (TPSA) is 90.6 Å². The first-order chi connectivity index (χ1) is 20.3. The van der Waals surface area contributed by atoms with Gasteiger partial charge in [0.25, 0.3) is 0 Å². The van der Waals surface area contributed by atoms with Crippen molar-refractivity contribution in [1.82, 2.24) is 14.4 Å². The lowest BCUT2D eigenvalue weighted by molar-refractivity contribution is -0.133. The van der Waals surface area contributed by atoms with Crippen LogP contribution < -0.4 is 10.1 Å². The van der Waals surface area contributed by atoms with E-state index in [-0.39, 0.29) is 24.4 Å². The molecule has 0 bridgehead atoms. The van der Waals surface area contributed by atoms with Gasteiger partial charge in [0.05, 0.1) is 25.3 Å². The molecule has 0 saturated carbocycles. The average molecular weight is 564 g/mol. The van der Waals surface area contributed by atoms with Crippen LogP contribution in [0.15, 0.2) is 97.2 Å². The van der Waals surface area contributed by atoms with Gasteiger partial charge in [-0.3, -0.25) is 4.79 Å². The van der Waals surface area contributed by atoms with Crippen LogP contribution in [0.25, 0.3) is 0 Å². The van der Waals surface area contributed by atoms with Gasteiger partial charge in [0.1, 0.15) is 12.3 Å². The molecule has 42 heavy (non-hydrogen) atoms. The zero-order chi connectivity index (χ0) is 29.9. The molecule has 4 aromatic rings. The maximum atomic E-state index is 13.9. The zero-order valence-corrected chi connectivity index (χ0v) is 24.4. The number of anilines is 1. The predicted octanol–water partition coefficient (Wildman–Crippen LogP) is 6.14. The molecule has 0 atom stereocenters. The van der Waals surface area contributed by atoms with Crippen molar-refractivity contribution in [2.24, 2.45) is 5.92 Å². The molecule has 0 aliphatic heterocycles. The Morgan fingerprint density at radius 2 is 1.67 bits per heavy atom. The lowest BCUT2D eigenvalue weighted by Crippen LogP contribution is -2.45. The molecular formula is C34H37N5O3. The first-order valence-corrected chi connectivity index (χ1v) is 14.0. The van der Waals surface area contributed by atoms with Crippen LogP contribution in [0.1, 0.15) is 36.2 Å². The van der Waals surface area contributed by atoms with Gasteiger partial charge in [0.2, 0.25) is 5.91 Å². The van der Waals surface area contributed by atoms with Gasteiger partial charge in [-0.15, -0.1) is 0 Å². The Labute approximate surface area is 247 Å². The van der Waals surface area contributed by atoms with Crippen molar-refractivity contribution in [3.05, 3.63) is 120 Å². The van der Waals surface area contributed by atoms with Gasteiger partial charge in [0, 0.05) is 37.2 Å². The van der Waals surface area contributed by atoms with Crippen molar-refractivity contribution in [2.45, 2.75) is 33.5 Å². The number of methoxy groups -OCH3 is 1. The Balaban J connectivity index is 1.55. The third-order valence-corrected chi connectivity index (χ3v) is 6.77. The van der Waals surface area contributed by atoms with E-state index in [2.05, 4.69) is 16.0 Å². The van der Waals surface area contributed by atoms with Crippen LogP contribution in [-0.4, -0.2) is 46.5 Å². The maximum Gasteiger partial charge on any atom is 0.322 e. The predicted molar refractivity (Wildman–Crippen MR) is 164 cm³/mol. The number of urea groups is 1. The summed E-state index contributed by atoms with van der Waals surface area (Å²) in [5.41, 5.74) is 4.04. The highest BCUT2D eigenvalue weighted by molar-refractivity contribution is 5.92. The normalized spacial score (nSPS) is 10.6. The van der Waals surface area contributed by atoms with E-state index in [1.165, 1.54) is 0 Å². The van der Waals surface area contributed by atoms with E-state index in [4.69, 9.17) is 4.74 Å². The molecule has 3 aromatic carbocycles. The van der Waals surface area contributed by atoms with Crippen LogP contribution in [-0.2, 0) is 24.4 Å². The number of nitrogens with zero attached hydrogens (tertiary/aromatic N) is 4. The summed E-state index contributed by atoms with van der Waals surface area (Å²) in [6.45, 7) is 5.77. The zero-order valence-electron chi connectivity index (χ0n) is 24.4. The van der Waals surface area contributed by atoms with Gasteiger partial charge in [-0.1, -0.05) is 62.4 Å². The van der Waals surface area contributed by atoms with Crippen LogP contribution in [0.2, 0.25) is 0 Å². The fourth-order valence-electron chi connectivity index (χ4n) is 4.74. The van der Waals surface area contributed by atoms with E-state index in [0.29, 0.717) is 37.4 Å². The summed E-state index contributed by atoms with van der Waals surface area (Å²) < 4.78 is 7.51. The van der Waals surface area contributed by atoms with Crippen LogP contribution >= 0.6 is 0 Å². The highest BCUT2D eigenvalue weighted by Crippen LogP contribution is 2.18. The highest BCUT2D eigenvalue weighted by Gasteiger charge is 2.23. The van der Waals surface area contributed by atoms with E-state index in [9.17, 15) is 14.9 Å². The summed E-state index contributed by atoms with van der Waals surface area (Å²) in [5, 5.41) is 12.1. The molecule has 0 radical (unpaired) electrons. The Bertz CT molecular complexity index is 1520. The van der Waals surface area contributed by atoms with E-state index in [0.717, 1.165) is 22.6 Å². The fraction of sp³-hybridized carbons (Fsp3) is 0.265. The van der Waals surface area contributed by atoms with Crippen LogP contribution in [0.4, 0.5) is 10.5 Å². The summed E-state index contributed by atoms with van der Waals surface area (Å²) in [6, 6.07) is 30.2. The molecule has 1 heterocycles. The summed E-state index contributed by atoms with van der Waals surface area (Å²) >= 11 is 0. The Morgan fingerprint density at radius 3 is 2.40 bits per heavy atom. The number of hydrogen-bond acceptors (Lipinski definition) is 4. The number of nitriles is 1. The Morgan fingerprint density at radius 1 is 0.905 bits per heavy atom. The van der Waals surface area contributed by atoms with Crippen molar-refractivity contribution in [3.63, 3.8) is 0 Å². The number of aromatic nitrogens is 1. The Kier molecular flexibility index (Phi) is 10.4. The monoisotopic (exact) mass is 563 g/mol. The molecule has 0 aliphatic carbocycles. The van der Waals surface area contributed by atoms with Crippen molar-refractivity contribution < 1.29 is 14.3 Å². The molecule has 216 valence electrons.